The molecule has 0 radical (unpaired) electrons. The van der Waals surface area contributed by atoms with Gasteiger partial charge in [0.05, 0.1) is 33.8 Å². The fourth-order valence-corrected chi connectivity index (χ4v) is 4.71. The van der Waals surface area contributed by atoms with Crippen molar-refractivity contribution in [2.45, 2.75) is 5.25 Å². The number of benzene rings is 2. The number of thioether (sulfide) groups is 1. The molecule has 5 rings (SSSR count). The number of rotatable bonds is 4. The molecule has 7 heteroatoms. The van der Waals surface area contributed by atoms with E-state index in [4.69, 9.17) is 11.6 Å². The molecule has 1 N–H and O–H groups in total. The van der Waals surface area contributed by atoms with Crippen LogP contribution in [-0.4, -0.2) is 26.5 Å². The lowest BCUT2D eigenvalue weighted by atomic mass is 10.1. The van der Waals surface area contributed by atoms with Crippen LogP contribution in [0.15, 0.2) is 78.0 Å². The van der Waals surface area contributed by atoms with Gasteiger partial charge in [-0.05, 0) is 29.8 Å². The van der Waals surface area contributed by atoms with E-state index < -0.39 is 5.82 Å². The minimum absolute atomic E-state index is 0.263. The molecule has 3 heterocycles. The Bertz CT molecular complexity index is 1200. The number of pyridine rings is 1. The smallest absolute Gasteiger partial charge is 0.142 e. The summed E-state index contributed by atoms with van der Waals surface area (Å²) in [6, 6.07) is 18.8. The topological polar surface area (TPSA) is 53.9 Å². The van der Waals surface area contributed by atoms with E-state index in [1.807, 2.05) is 30.3 Å². The summed E-state index contributed by atoms with van der Waals surface area (Å²) in [6.07, 6.45) is 3.49. The Hall–Kier alpha value is -2.96. The van der Waals surface area contributed by atoms with E-state index >= 15 is 0 Å². The van der Waals surface area contributed by atoms with E-state index in [0.717, 1.165) is 22.8 Å². The van der Waals surface area contributed by atoms with Crippen molar-refractivity contribution in [3.63, 3.8) is 0 Å². The van der Waals surface area contributed by atoms with Gasteiger partial charge in [0.1, 0.15) is 16.7 Å². The van der Waals surface area contributed by atoms with Crippen LogP contribution in [0.2, 0.25) is 5.02 Å². The van der Waals surface area contributed by atoms with Crippen LogP contribution in [0, 0.1) is 5.82 Å². The Labute approximate surface area is 182 Å². The van der Waals surface area contributed by atoms with E-state index in [1.54, 1.807) is 36.3 Å². The summed E-state index contributed by atoms with van der Waals surface area (Å²) in [7, 11) is 0. The van der Waals surface area contributed by atoms with Gasteiger partial charge in [-0.3, -0.25) is 9.98 Å². The van der Waals surface area contributed by atoms with Crippen LogP contribution in [0.4, 0.5) is 4.39 Å². The number of H-pyrrole nitrogens is 1. The molecule has 0 saturated heterocycles. The third-order valence-corrected chi connectivity index (χ3v) is 6.46. The van der Waals surface area contributed by atoms with Crippen LogP contribution in [0.25, 0.3) is 22.6 Å². The third-order valence-electron chi connectivity index (χ3n) is 4.88. The Morgan fingerprint density at radius 2 is 1.87 bits per heavy atom. The summed E-state index contributed by atoms with van der Waals surface area (Å²) in [5.41, 5.74) is 3.88. The van der Waals surface area contributed by atoms with Gasteiger partial charge in [0, 0.05) is 18.0 Å². The minimum atomic E-state index is -0.416. The molecule has 1 aliphatic rings. The normalized spacial score (nSPS) is 15.9. The SMILES string of the molecule is Fc1cccc(Cl)c1-c1nc(-c2ccc(C3=NCC(c4ccccc4)S3)nc2)c[nH]1. The second-order valence-electron chi connectivity index (χ2n) is 6.83. The Morgan fingerprint density at radius 3 is 2.63 bits per heavy atom. The highest BCUT2D eigenvalue weighted by Gasteiger charge is 2.23. The Kier molecular flexibility index (Phi) is 5.11. The molecule has 0 fully saturated rings. The zero-order valence-electron chi connectivity index (χ0n) is 15.7. The van der Waals surface area contributed by atoms with Crippen molar-refractivity contribution >= 4 is 28.4 Å². The maximum absolute atomic E-state index is 14.2. The second-order valence-corrected chi connectivity index (χ2v) is 8.42. The van der Waals surface area contributed by atoms with Crippen molar-refractivity contribution in [3.05, 3.63) is 95.2 Å². The van der Waals surface area contributed by atoms with Gasteiger partial charge in [0.2, 0.25) is 0 Å². The van der Waals surface area contributed by atoms with Crippen molar-refractivity contribution in [2.75, 3.05) is 6.54 Å². The first-order chi connectivity index (χ1) is 14.7. The quantitative estimate of drug-likeness (QED) is 0.418. The lowest BCUT2D eigenvalue weighted by Gasteiger charge is -2.08. The van der Waals surface area contributed by atoms with Gasteiger partial charge in [-0.1, -0.05) is 59.8 Å². The van der Waals surface area contributed by atoms with Crippen LogP contribution < -0.4 is 0 Å². The molecule has 1 aliphatic heterocycles. The Balaban J connectivity index is 1.35. The lowest BCUT2D eigenvalue weighted by Crippen LogP contribution is -1.97. The van der Waals surface area contributed by atoms with E-state index in [2.05, 4.69) is 32.1 Å². The summed E-state index contributed by atoms with van der Waals surface area (Å²) in [5.74, 6) is -0.0280. The number of aliphatic imine (C=N–C) groups is 1. The van der Waals surface area contributed by atoms with Crippen LogP contribution in [0.3, 0.4) is 0 Å². The molecule has 148 valence electrons. The fourth-order valence-electron chi connectivity index (χ4n) is 3.35. The lowest BCUT2D eigenvalue weighted by molar-refractivity contribution is 0.630. The average Bonchev–Trinajstić information content (AvgIpc) is 3.45. The summed E-state index contributed by atoms with van der Waals surface area (Å²) >= 11 is 7.87. The van der Waals surface area contributed by atoms with Gasteiger partial charge >= 0.3 is 0 Å². The van der Waals surface area contributed by atoms with E-state index in [-0.39, 0.29) is 5.56 Å². The van der Waals surface area contributed by atoms with Crippen molar-refractivity contribution in [2.24, 2.45) is 4.99 Å². The summed E-state index contributed by atoms with van der Waals surface area (Å²) in [5, 5.41) is 1.58. The van der Waals surface area contributed by atoms with Crippen molar-refractivity contribution in [1.82, 2.24) is 15.0 Å². The molecular weight excluding hydrogens is 419 g/mol. The number of imidazole rings is 1. The highest BCUT2D eigenvalue weighted by molar-refractivity contribution is 8.14. The molecule has 4 nitrogen and oxygen atoms in total. The van der Waals surface area contributed by atoms with Gasteiger partial charge in [-0.15, -0.1) is 0 Å². The zero-order valence-corrected chi connectivity index (χ0v) is 17.3. The van der Waals surface area contributed by atoms with Gasteiger partial charge in [0.15, 0.2) is 0 Å². The van der Waals surface area contributed by atoms with E-state index in [9.17, 15) is 4.39 Å². The first-order valence-electron chi connectivity index (χ1n) is 9.41. The molecule has 2 aromatic carbocycles. The maximum Gasteiger partial charge on any atom is 0.142 e. The molecule has 4 aromatic rings. The number of aromatic nitrogens is 3. The molecule has 0 amide bonds. The summed E-state index contributed by atoms with van der Waals surface area (Å²) in [4.78, 5) is 16.7. The summed E-state index contributed by atoms with van der Waals surface area (Å²) in [6.45, 7) is 0.750. The van der Waals surface area contributed by atoms with Crippen LogP contribution in [-0.2, 0) is 0 Å². The third kappa shape index (κ3) is 3.64. The standard InChI is InChI=1S/C23H16ClFN4S/c24-16-7-4-8-17(25)21(16)22-27-12-19(29-22)15-9-10-18(26-11-15)23-28-13-20(30-23)14-5-2-1-3-6-14/h1-12,20H,13H2,(H,27,29). The molecular formula is C23H16ClFN4S. The second kappa shape index (κ2) is 8.05. The average molecular weight is 435 g/mol. The monoisotopic (exact) mass is 434 g/mol. The number of hydrogen-bond acceptors (Lipinski definition) is 4. The molecule has 0 aliphatic carbocycles. The van der Waals surface area contributed by atoms with Gasteiger partial charge < -0.3 is 4.98 Å². The molecule has 0 spiro atoms. The number of hydrogen-bond donors (Lipinski definition) is 1. The molecule has 0 saturated carbocycles. The fraction of sp³-hybridized carbons (Fsp3) is 0.0870. The largest absolute Gasteiger partial charge is 0.344 e. The van der Waals surface area contributed by atoms with Crippen molar-refractivity contribution in [3.8, 4) is 22.6 Å². The van der Waals surface area contributed by atoms with Gasteiger partial charge in [-0.25, -0.2) is 9.37 Å². The van der Waals surface area contributed by atoms with Gasteiger partial charge in [0.25, 0.3) is 0 Å². The predicted octanol–water partition coefficient (Wildman–Crippen LogP) is 6.17. The highest BCUT2D eigenvalue weighted by Crippen LogP contribution is 2.37. The molecule has 1 unspecified atom stereocenters. The highest BCUT2D eigenvalue weighted by atomic mass is 35.5. The minimum Gasteiger partial charge on any atom is -0.344 e. The summed E-state index contributed by atoms with van der Waals surface area (Å²) < 4.78 is 14.2. The molecule has 2 aromatic heterocycles. The maximum atomic E-state index is 14.2. The van der Waals surface area contributed by atoms with Crippen molar-refractivity contribution < 1.29 is 4.39 Å². The molecule has 1 atom stereocenters. The Morgan fingerprint density at radius 1 is 1.00 bits per heavy atom. The van der Waals surface area contributed by atoms with E-state index in [1.165, 1.54) is 11.6 Å². The number of aromatic amines is 1. The first kappa shape index (κ1) is 19.0. The van der Waals surface area contributed by atoms with E-state index in [0.29, 0.717) is 21.8 Å². The van der Waals surface area contributed by atoms with Crippen LogP contribution >= 0.6 is 23.4 Å². The number of nitrogens with zero attached hydrogens (tertiary/aromatic N) is 3. The molecule has 30 heavy (non-hydrogen) atoms. The molecule has 0 bridgehead atoms. The predicted molar refractivity (Wildman–Crippen MR) is 120 cm³/mol. The van der Waals surface area contributed by atoms with Crippen LogP contribution in [0.5, 0.6) is 0 Å². The number of nitrogens with one attached hydrogen (secondary N) is 1. The van der Waals surface area contributed by atoms with Crippen LogP contribution in [0.1, 0.15) is 16.5 Å². The zero-order chi connectivity index (χ0) is 20.5. The first-order valence-corrected chi connectivity index (χ1v) is 10.7. The number of halogens is 2. The van der Waals surface area contributed by atoms with Gasteiger partial charge in [-0.2, -0.15) is 0 Å². The van der Waals surface area contributed by atoms with Crippen molar-refractivity contribution in [1.29, 1.82) is 0 Å².